The molecule has 4 heteroatoms. The Labute approximate surface area is 149 Å². The second-order valence-corrected chi connectivity index (χ2v) is 7.06. The summed E-state index contributed by atoms with van der Waals surface area (Å²) < 4.78 is 0. The van der Waals surface area contributed by atoms with Gasteiger partial charge in [-0.25, -0.2) is 0 Å². The predicted molar refractivity (Wildman–Crippen MR) is 101 cm³/mol. The lowest BCUT2D eigenvalue weighted by atomic mass is 9.82. The van der Waals surface area contributed by atoms with Gasteiger partial charge in [0, 0.05) is 12.7 Å². The fraction of sp³-hybridized carbons (Fsp3) is 0.429. The van der Waals surface area contributed by atoms with Crippen LogP contribution in [-0.4, -0.2) is 24.5 Å². The van der Waals surface area contributed by atoms with E-state index >= 15 is 0 Å². The van der Waals surface area contributed by atoms with E-state index in [1.807, 2.05) is 37.1 Å². The number of likely N-dealkylation sites (N-methyl/N-ethyl adjacent to an activating group) is 1. The van der Waals surface area contributed by atoms with Crippen LogP contribution in [0.2, 0.25) is 0 Å². The molecule has 1 saturated carbocycles. The van der Waals surface area contributed by atoms with E-state index in [4.69, 9.17) is 0 Å². The normalized spacial score (nSPS) is 17.5. The quantitative estimate of drug-likeness (QED) is 0.918. The van der Waals surface area contributed by atoms with E-state index in [9.17, 15) is 10.1 Å². The van der Waals surface area contributed by atoms with Crippen LogP contribution in [0.25, 0.3) is 10.8 Å². The number of nitrogens with one attached hydrogen (secondary N) is 1. The molecule has 0 bridgehead atoms. The Hall–Kier alpha value is -2.54. The van der Waals surface area contributed by atoms with Crippen LogP contribution in [0.5, 0.6) is 0 Å². The minimum Gasteiger partial charge on any atom is -0.363 e. The molecule has 0 saturated heterocycles. The van der Waals surface area contributed by atoms with Crippen molar-refractivity contribution in [2.75, 3.05) is 11.9 Å². The Morgan fingerprint density at radius 2 is 1.84 bits per heavy atom. The van der Waals surface area contributed by atoms with E-state index in [2.05, 4.69) is 35.7 Å². The van der Waals surface area contributed by atoms with E-state index in [0.29, 0.717) is 0 Å². The SMILES string of the molecule is CC(C(=O)NC1(C#N)CCCCC1)N(C)c1ccc2ccccc2c1. The average Bonchev–Trinajstić information content (AvgIpc) is 2.67. The van der Waals surface area contributed by atoms with Crippen molar-refractivity contribution in [2.24, 2.45) is 0 Å². The number of fused-ring (bicyclic) bond motifs is 1. The van der Waals surface area contributed by atoms with Crippen LogP contribution in [-0.2, 0) is 4.79 Å². The highest BCUT2D eigenvalue weighted by molar-refractivity contribution is 5.89. The van der Waals surface area contributed by atoms with Crippen LogP contribution < -0.4 is 10.2 Å². The predicted octanol–water partition coefficient (Wildman–Crippen LogP) is 4.01. The first-order chi connectivity index (χ1) is 12.0. The molecule has 0 aliphatic heterocycles. The maximum absolute atomic E-state index is 12.7. The summed E-state index contributed by atoms with van der Waals surface area (Å²) in [5.41, 5.74) is 0.310. The fourth-order valence-electron chi connectivity index (χ4n) is 3.56. The number of nitrogens with zero attached hydrogens (tertiary/aromatic N) is 2. The largest absolute Gasteiger partial charge is 0.363 e. The summed E-state index contributed by atoms with van der Waals surface area (Å²) >= 11 is 0. The third kappa shape index (κ3) is 3.61. The van der Waals surface area contributed by atoms with Gasteiger partial charge in [0.15, 0.2) is 0 Å². The molecule has 25 heavy (non-hydrogen) atoms. The Balaban J connectivity index is 1.75. The summed E-state index contributed by atoms with van der Waals surface area (Å²) in [5.74, 6) is -0.0842. The molecule has 1 fully saturated rings. The summed E-state index contributed by atoms with van der Waals surface area (Å²) in [7, 11) is 1.92. The number of nitriles is 1. The topological polar surface area (TPSA) is 56.1 Å². The zero-order chi connectivity index (χ0) is 17.9. The molecule has 2 aromatic rings. The van der Waals surface area contributed by atoms with Gasteiger partial charge in [0.25, 0.3) is 0 Å². The molecule has 1 atom stereocenters. The summed E-state index contributed by atoms with van der Waals surface area (Å²) in [6.07, 6.45) is 4.65. The summed E-state index contributed by atoms with van der Waals surface area (Å²) in [5, 5.41) is 14.9. The first-order valence-electron chi connectivity index (χ1n) is 9.00. The third-order valence-corrected chi connectivity index (χ3v) is 5.38. The van der Waals surface area contributed by atoms with Crippen molar-refractivity contribution in [3.8, 4) is 6.07 Å². The van der Waals surface area contributed by atoms with Gasteiger partial charge < -0.3 is 10.2 Å². The van der Waals surface area contributed by atoms with Gasteiger partial charge in [-0.2, -0.15) is 5.26 Å². The number of hydrogen-bond acceptors (Lipinski definition) is 3. The van der Waals surface area contributed by atoms with Crippen LogP contribution >= 0.6 is 0 Å². The minimum atomic E-state index is -0.687. The van der Waals surface area contributed by atoms with E-state index in [0.717, 1.165) is 43.2 Å². The Morgan fingerprint density at radius 3 is 2.52 bits per heavy atom. The molecule has 1 unspecified atom stereocenters. The molecular formula is C21H25N3O. The van der Waals surface area contributed by atoms with Crippen molar-refractivity contribution in [1.29, 1.82) is 5.26 Å². The first-order valence-corrected chi connectivity index (χ1v) is 9.00. The lowest BCUT2D eigenvalue weighted by Gasteiger charge is -2.34. The smallest absolute Gasteiger partial charge is 0.243 e. The van der Waals surface area contributed by atoms with Crippen molar-refractivity contribution in [3.63, 3.8) is 0 Å². The van der Waals surface area contributed by atoms with Gasteiger partial charge in [-0.1, -0.05) is 49.6 Å². The maximum Gasteiger partial charge on any atom is 0.243 e. The Bertz CT molecular complexity index is 802. The van der Waals surface area contributed by atoms with Gasteiger partial charge >= 0.3 is 0 Å². The Morgan fingerprint density at radius 1 is 1.16 bits per heavy atom. The average molecular weight is 335 g/mol. The minimum absolute atomic E-state index is 0.0842. The second kappa shape index (κ2) is 7.14. The molecular weight excluding hydrogens is 310 g/mol. The van der Waals surface area contributed by atoms with Crippen LogP contribution in [0.1, 0.15) is 39.0 Å². The third-order valence-electron chi connectivity index (χ3n) is 5.38. The van der Waals surface area contributed by atoms with Crippen molar-refractivity contribution < 1.29 is 4.79 Å². The second-order valence-electron chi connectivity index (χ2n) is 7.06. The molecule has 0 spiro atoms. The lowest BCUT2D eigenvalue weighted by Crippen LogP contribution is -2.54. The molecule has 130 valence electrons. The first kappa shape index (κ1) is 17.3. The van der Waals surface area contributed by atoms with Gasteiger partial charge in [-0.15, -0.1) is 0 Å². The van der Waals surface area contributed by atoms with Crippen molar-refractivity contribution in [1.82, 2.24) is 5.32 Å². The molecule has 2 aromatic carbocycles. The van der Waals surface area contributed by atoms with Crippen molar-refractivity contribution in [3.05, 3.63) is 42.5 Å². The van der Waals surface area contributed by atoms with E-state index in [1.54, 1.807) is 0 Å². The number of carbonyl (C=O) groups excluding carboxylic acids is 1. The summed E-state index contributed by atoms with van der Waals surface area (Å²) in [6, 6.07) is 16.4. The summed E-state index contributed by atoms with van der Waals surface area (Å²) in [4.78, 5) is 14.7. The molecule has 3 rings (SSSR count). The number of carbonyl (C=O) groups is 1. The van der Waals surface area contributed by atoms with Crippen LogP contribution in [0.15, 0.2) is 42.5 Å². The molecule has 1 aliphatic carbocycles. The van der Waals surface area contributed by atoms with E-state index in [-0.39, 0.29) is 11.9 Å². The number of hydrogen-bond donors (Lipinski definition) is 1. The highest BCUT2D eigenvalue weighted by Crippen LogP contribution is 2.28. The van der Waals surface area contributed by atoms with Crippen LogP contribution in [0.4, 0.5) is 5.69 Å². The zero-order valence-corrected chi connectivity index (χ0v) is 15.0. The highest BCUT2D eigenvalue weighted by Gasteiger charge is 2.35. The number of amides is 1. The van der Waals surface area contributed by atoms with Gasteiger partial charge in [-0.3, -0.25) is 4.79 Å². The standard InChI is InChI=1S/C21H25N3O/c1-16(20(25)23-21(15-22)12-6-3-7-13-21)24(2)19-11-10-17-8-4-5-9-18(17)14-19/h4-5,8-11,14,16H,3,6-7,12-13H2,1-2H3,(H,23,25). The highest BCUT2D eigenvalue weighted by atomic mass is 16.2. The molecule has 1 amide bonds. The van der Waals surface area contributed by atoms with Gasteiger partial charge in [-0.05, 0) is 42.7 Å². The van der Waals surface area contributed by atoms with Gasteiger partial charge in [0.05, 0.1) is 6.07 Å². The summed E-state index contributed by atoms with van der Waals surface area (Å²) in [6.45, 7) is 1.89. The van der Waals surface area contributed by atoms with Crippen LogP contribution in [0.3, 0.4) is 0 Å². The number of anilines is 1. The molecule has 4 nitrogen and oxygen atoms in total. The number of benzene rings is 2. The van der Waals surface area contributed by atoms with Gasteiger partial charge in [0.2, 0.25) is 5.91 Å². The molecule has 1 N–H and O–H groups in total. The van der Waals surface area contributed by atoms with E-state index in [1.165, 1.54) is 5.39 Å². The van der Waals surface area contributed by atoms with Crippen LogP contribution in [0, 0.1) is 11.3 Å². The molecule has 1 aliphatic rings. The van der Waals surface area contributed by atoms with Crippen molar-refractivity contribution in [2.45, 2.75) is 50.6 Å². The Kier molecular flexibility index (Phi) is 4.94. The van der Waals surface area contributed by atoms with Crippen molar-refractivity contribution >= 4 is 22.4 Å². The van der Waals surface area contributed by atoms with E-state index < -0.39 is 5.54 Å². The maximum atomic E-state index is 12.7. The number of rotatable bonds is 4. The monoisotopic (exact) mass is 335 g/mol. The van der Waals surface area contributed by atoms with Gasteiger partial charge in [0.1, 0.15) is 11.6 Å². The zero-order valence-electron chi connectivity index (χ0n) is 15.0. The lowest BCUT2D eigenvalue weighted by molar-refractivity contribution is -0.123. The molecule has 0 heterocycles. The molecule has 0 radical (unpaired) electrons. The fourth-order valence-corrected chi connectivity index (χ4v) is 3.56. The molecule has 0 aromatic heterocycles.